The van der Waals surface area contributed by atoms with Crippen LogP contribution in [0.15, 0.2) is 28.8 Å². The highest BCUT2D eigenvalue weighted by Gasteiger charge is 2.42. The van der Waals surface area contributed by atoms with Crippen molar-refractivity contribution < 1.29 is 14.1 Å². The summed E-state index contributed by atoms with van der Waals surface area (Å²) in [6.07, 6.45) is 5.64. The minimum Gasteiger partial charge on any atom is -0.367 e. The number of aromatic nitrogens is 2. The molecule has 1 amide bonds. The summed E-state index contributed by atoms with van der Waals surface area (Å²) < 4.78 is 11.2. The first-order valence-electron chi connectivity index (χ1n) is 9.13. The summed E-state index contributed by atoms with van der Waals surface area (Å²) in [4.78, 5) is 16.0. The molecule has 0 bridgehead atoms. The van der Waals surface area contributed by atoms with Gasteiger partial charge in [0.15, 0.2) is 5.82 Å². The second kappa shape index (κ2) is 7.00. The number of halogens is 1. The number of nitrogens with zero attached hydrogens (tertiary/aromatic N) is 2. The van der Waals surface area contributed by atoms with Gasteiger partial charge in [-0.05, 0) is 43.4 Å². The van der Waals surface area contributed by atoms with E-state index in [-0.39, 0.29) is 11.5 Å². The van der Waals surface area contributed by atoms with Crippen molar-refractivity contribution in [1.29, 1.82) is 0 Å². The maximum atomic E-state index is 11.3. The monoisotopic (exact) mass is 375 g/mol. The van der Waals surface area contributed by atoms with Crippen molar-refractivity contribution in [2.24, 2.45) is 5.73 Å². The van der Waals surface area contributed by atoms with Crippen LogP contribution in [0.1, 0.15) is 68.3 Å². The quantitative estimate of drug-likeness (QED) is 0.880. The van der Waals surface area contributed by atoms with Crippen LogP contribution >= 0.6 is 11.6 Å². The lowest BCUT2D eigenvalue weighted by Gasteiger charge is -2.35. The first-order chi connectivity index (χ1) is 12.6. The van der Waals surface area contributed by atoms with Crippen LogP contribution in [0.4, 0.5) is 0 Å². The molecule has 26 heavy (non-hydrogen) atoms. The maximum Gasteiger partial charge on any atom is 0.255 e. The molecule has 2 N–H and O–H groups in total. The third kappa shape index (κ3) is 3.12. The SMILES string of the molecule is NC(=O)[C@@H]1CC[C@H](c2nc(C3(c4cccc(Cl)c4)CCCCC3)no2)O1. The number of rotatable bonds is 4. The van der Waals surface area contributed by atoms with Crippen molar-refractivity contribution >= 4 is 17.5 Å². The van der Waals surface area contributed by atoms with Gasteiger partial charge < -0.3 is 15.0 Å². The average Bonchev–Trinajstić information content (AvgIpc) is 3.32. The Morgan fingerprint density at radius 2 is 2.04 bits per heavy atom. The largest absolute Gasteiger partial charge is 0.367 e. The smallest absolute Gasteiger partial charge is 0.255 e. The Kier molecular flexibility index (Phi) is 4.71. The normalized spacial score (nSPS) is 25.3. The number of benzene rings is 1. The van der Waals surface area contributed by atoms with E-state index in [4.69, 9.17) is 26.6 Å². The fourth-order valence-electron chi connectivity index (χ4n) is 4.17. The molecule has 1 saturated carbocycles. The van der Waals surface area contributed by atoms with Crippen molar-refractivity contribution in [3.8, 4) is 0 Å². The summed E-state index contributed by atoms with van der Waals surface area (Å²) in [5, 5.41) is 5.02. The van der Waals surface area contributed by atoms with Gasteiger partial charge >= 0.3 is 0 Å². The summed E-state index contributed by atoms with van der Waals surface area (Å²) in [7, 11) is 0. The Labute approximate surface area is 157 Å². The molecule has 6 nitrogen and oxygen atoms in total. The summed E-state index contributed by atoms with van der Waals surface area (Å²) in [6, 6.07) is 7.92. The third-order valence-corrected chi connectivity index (χ3v) is 5.80. The lowest BCUT2D eigenvalue weighted by Crippen LogP contribution is -2.32. The van der Waals surface area contributed by atoms with Crippen LogP contribution in [0.3, 0.4) is 0 Å². The highest BCUT2D eigenvalue weighted by molar-refractivity contribution is 6.30. The van der Waals surface area contributed by atoms with Crippen molar-refractivity contribution in [2.45, 2.75) is 62.6 Å². The summed E-state index contributed by atoms with van der Waals surface area (Å²) in [6.45, 7) is 0. The molecular weight excluding hydrogens is 354 g/mol. The van der Waals surface area contributed by atoms with Gasteiger partial charge in [-0.2, -0.15) is 4.98 Å². The highest BCUT2D eigenvalue weighted by Crippen LogP contribution is 2.45. The molecule has 2 aliphatic rings. The van der Waals surface area contributed by atoms with Crippen molar-refractivity contribution in [3.63, 3.8) is 0 Å². The Balaban J connectivity index is 1.66. The van der Waals surface area contributed by atoms with Crippen LogP contribution in [0.2, 0.25) is 5.02 Å². The second-order valence-corrected chi connectivity index (χ2v) is 7.64. The number of carbonyl (C=O) groups excluding carboxylic acids is 1. The van der Waals surface area contributed by atoms with E-state index in [0.717, 1.165) is 31.2 Å². The van der Waals surface area contributed by atoms with Gasteiger partial charge in [-0.1, -0.05) is 48.2 Å². The molecule has 1 aliphatic carbocycles. The zero-order chi connectivity index (χ0) is 18.1. The van der Waals surface area contributed by atoms with E-state index < -0.39 is 12.0 Å². The molecule has 4 rings (SSSR count). The molecular formula is C19H22ClN3O3. The number of carbonyl (C=O) groups is 1. The number of amides is 1. The molecule has 2 heterocycles. The van der Waals surface area contributed by atoms with Crippen molar-refractivity contribution in [3.05, 3.63) is 46.6 Å². The van der Waals surface area contributed by atoms with Crippen LogP contribution < -0.4 is 5.73 Å². The summed E-state index contributed by atoms with van der Waals surface area (Å²) in [5.74, 6) is 0.659. The molecule has 0 unspecified atom stereocenters. The number of hydrogen-bond acceptors (Lipinski definition) is 5. The van der Waals surface area contributed by atoms with E-state index in [9.17, 15) is 4.79 Å². The summed E-state index contributed by atoms with van der Waals surface area (Å²) in [5.41, 5.74) is 6.17. The number of ether oxygens (including phenoxy) is 1. The molecule has 2 aromatic rings. The zero-order valence-electron chi connectivity index (χ0n) is 14.5. The molecule has 1 aliphatic heterocycles. The van der Waals surface area contributed by atoms with Gasteiger partial charge in [-0.3, -0.25) is 4.79 Å². The van der Waals surface area contributed by atoms with Gasteiger partial charge in [0.2, 0.25) is 5.91 Å². The lowest BCUT2D eigenvalue weighted by atomic mass is 9.69. The fourth-order valence-corrected chi connectivity index (χ4v) is 4.36. The standard InChI is InChI=1S/C19H22ClN3O3/c20-13-6-4-5-12(11-13)19(9-2-1-3-10-19)18-22-17(26-23-18)15-8-7-14(25-15)16(21)24/h4-6,11,14-15H,1-3,7-10H2,(H2,21,24)/t14-,15+/m0/s1. The van der Waals surface area contributed by atoms with Crippen molar-refractivity contribution in [1.82, 2.24) is 10.1 Å². The van der Waals surface area contributed by atoms with E-state index in [1.165, 1.54) is 6.42 Å². The van der Waals surface area contributed by atoms with Crippen LogP contribution in [0, 0.1) is 0 Å². The summed E-state index contributed by atoms with van der Waals surface area (Å²) >= 11 is 6.24. The minimum atomic E-state index is -0.577. The number of primary amides is 1. The van der Waals surface area contributed by atoms with E-state index in [0.29, 0.717) is 29.6 Å². The van der Waals surface area contributed by atoms with Gasteiger partial charge in [-0.25, -0.2) is 0 Å². The van der Waals surface area contributed by atoms with Crippen LogP contribution in [0.25, 0.3) is 0 Å². The third-order valence-electron chi connectivity index (χ3n) is 5.57. The predicted molar refractivity (Wildman–Crippen MR) is 95.7 cm³/mol. The average molecular weight is 376 g/mol. The van der Waals surface area contributed by atoms with Gasteiger partial charge in [0, 0.05) is 5.02 Å². The fraction of sp³-hybridized carbons (Fsp3) is 0.526. The molecule has 7 heteroatoms. The predicted octanol–water partition coefficient (Wildman–Crippen LogP) is 3.68. The van der Waals surface area contributed by atoms with Crippen LogP contribution in [-0.2, 0) is 14.9 Å². The van der Waals surface area contributed by atoms with Crippen LogP contribution in [-0.4, -0.2) is 22.2 Å². The Bertz CT molecular complexity index is 801. The molecule has 2 fully saturated rings. The van der Waals surface area contributed by atoms with E-state index >= 15 is 0 Å². The van der Waals surface area contributed by atoms with Crippen molar-refractivity contribution in [2.75, 3.05) is 0 Å². The Morgan fingerprint density at radius 3 is 2.73 bits per heavy atom. The second-order valence-electron chi connectivity index (χ2n) is 7.20. The first-order valence-corrected chi connectivity index (χ1v) is 9.51. The zero-order valence-corrected chi connectivity index (χ0v) is 15.2. The highest BCUT2D eigenvalue weighted by atomic mass is 35.5. The van der Waals surface area contributed by atoms with Gasteiger partial charge in [0.1, 0.15) is 12.2 Å². The van der Waals surface area contributed by atoms with Gasteiger partial charge in [0.05, 0.1) is 5.41 Å². The maximum absolute atomic E-state index is 11.3. The Morgan fingerprint density at radius 1 is 1.23 bits per heavy atom. The molecule has 1 saturated heterocycles. The minimum absolute atomic E-state index is 0.285. The number of nitrogens with two attached hydrogens (primary N) is 1. The van der Waals surface area contributed by atoms with Gasteiger partial charge in [-0.15, -0.1) is 0 Å². The van der Waals surface area contributed by atoms with E-state index in [1.54, 1.807) is 0 Å². The van der Waals surface area contributed by atoms with E-state index in [1.807, 2.05) is 18.2 Å². The molecule has 138 valence electrons. The molecule has 0 radical (unpaired) electrons. The Hall–Kier alpha value is -1.92. The van der Waals surface area contributed by atoms with Gasteiger partial charge in [0.25, 0.3) is 5.89 Å². The van der Waals surface area contributed by atoms with Crippen LogP contribution in [0.5, 0.6) is 0 Å². The first kappa shape index (κ1) is 17.5. The molecule has 2 atom stereocenters. The molecule has 1 aromatic heterocycles. The topological polar surface area (TPSA) is 91.2 Å². The molecule has 1 aromatic carbocycles. The molecule has 0 spiro atoms. The number of hydrogen-bond donors (Lipinski definition) is 1. The van der Waals surface area contributed by atoms with E-state index in [2.05, 4.69) is 16.2 Å². The lowest BCUT2D eigenvalue weighted by molar-refractivity contribution is -0.129.